The van der Waals surface area contributed by atoms with Crippen LogP contribution in [0.2, 0.25) is 0 Å². The molecule has 1 aliphatic rings. The molecule has 1 atom stereocenters. The molecule has 0 bridgehead atoms. The first-order valence-corrected chi connectivity index (χ1v) is 6.23. The first-order chi connectivity index (χ1) is 8.65. The Morgan fingerprint density at radius 1 is 1.10 bits per heavy atom. The third-order valence-electron chi connectivity index (χ3n) is 3.39. The molecule has 1 aliphatic heterocycles. The molecule has 0 aliphatic carbocycles. The Hall–Kier alpha value is -0.490. The fourth-order valence-electron chi connectivity index (χ4n) is 2.49. The summed E-state index contributed by atoms with van der Waals surface area (Å²) in [4.78, 5) is 2.00. The van der Waals surface area contributed by atoms with E-state index in [-0.39, 0.29) is 30.4 Å². The van der Waals surface area contributed by atoms with Crippen molar-refractivity contribution in [1.29, 1.82) is 0 Å². The van der Waals surface area contributed by atoms with Gasteiger partial charge in [0.05, 0.1) is 0 Å². The van der Waals surface area contributed by atoms with Crippen LogP contribution in [0.3, 0.4) is 0 Å². The minimum atomic E-state index is -1.06. The minimum absolute atomic E-state index is 0. The molecular formula is C13H19Cl2F3N2. The maximum atomic E-state index is 13.8. The van der Waals surface area contributed by atoms with Crippen LogP contribution in [0.4, 0.5) is 13.2 Å². The van der Waals surface area contributed by atoms with E-state index in [9.17, 15) is 13.2 Å². The molecule has 0 saturated carbocycles. The van der Waals surface area contributed by atoms with Crippen LogP contribution in [-0.2, 0) is 0 Å². The first-order valence-electron chi connectivity index (χ1n) is 6.23. The fraction of sp³-hybridized carbons (Fsp3) is 0.538. The summed E-state index contributed by atoms with van der Waals surface area (Å²) in [6.45, 7) is 4.86. The number of nitrogens with one attached hydrogen (secondary N) is 1. The van der Waals surface area contributed by atoms with Crippen molar-refractivity contribution in [2.24, 2.45) is 0 Å². The minimum Gasteiger partial charge on any atom is -0.314 e. The maximum Gasteiger partial charge on any atom is 0.166 e. The Bertz CT molecular complexity index is 426. The van der Waals surface area contributed by atoms with Gasteiger partial charge in [-0.3, -0.25) is 4.90 Å². The van der Waals surface area contributed by atoms with Gasteiger partial charge in [-0.05, 0) is 18.6 Å². The van der Waals surface area contributed by atoms with E-state index in [0.29, 0.717) is 19.5 Å². The van der Waals surface area contributed by atoms with Crippen LogP contribution < -0.4 is 5.32 Å². The summed E-state index contributed by atoms with van der Waals surface area (Å²) < 4.78 is 40.8. The van der Waals surface area contributed by atoms with Gasteiger partial charge < -0.3 is 5.32 Å². The van der Waals surface area contributed by atoms with Crippen molar-refractivity contribution < 1.29 is 13.2 Å². The van der Waals surface area contributed by atoms with Crippen molar-refractivity contribution in [3.05, 3.63) is 35.1 Å². The smallest absolute Gasteiger partial charge is 0.166 e. The third kappa shape index (κ3) is 4.01. The molecule has 116 valence electrons. The van der Waals surface area contributed by atoms with E-state index in [2.05, 4.69) is 5.32 Å². The Morgan fingerprint density at radius 2 is 1.65 bits per heavy atom. The van der Waals surface area contributed by atoms with Crippen LogP contribution in [0.5, 0.6) is 0 Å². The zero-order valence-corrected chi connectivity index (χ0v) is 12.8. The molecule has 1 heterocycles. The topological polar surface area (TPSA) is 15.3 Å². The van der Waals surface area contributed by atoms with Gasteiger partial charge in [0.2, 0.25) is 0 Å². The quantitative estimate of drug-likeness (QED) is 0.855. The Balaban J connectivity index is 0.00000180. The molecule has 2 rings (SSSR count). The molecule has 0 spiro atoms. The lowest BCUT2D eigenvalue weighted by atomic mass is 10.0. The lowest BCUT2D eigenvalue weighted by Gasteiger charge is -2.35. The van der Waals surface area contributed by atoms with Gasteiger partial charge in [0, 0.05) is 37.8 Å². The second-order valence-electron chi connectivity index (χ2n) is 4.47. The summed E-state index contributed by atoms with van der Waals surface area (Å²) in [5, 5.41) is 3.18. The number of piperazine rings is 1. The Morgan fingerprint density at radius 3 is 2.20 bits per heavy atom. The molecule has 1 aromatic carbocycles. The van der Waals surface area contributed by atoms with Crippen molar-refractivity contribution in [2.75, 3.05) is 26.2 Å². The maximum absolute atomic E-state index is 13.8. The highest BCUT2D eigenvalue weighted by Gasteiger charge is 2.27. The van der Waals surface area contributed by atoms with Gasteiger partial charge in [0.15, 0.2) is 11.6 Å². The Kier molecular flexibility index (Phi) is 8.51. The summed E-state index contributed by atoms with van der Waals surface area (Å²) in [5.41, 5.74) is -0.139. The van der Waals surface area contributed by atoms with Gasteiger partial charge in [-0.15, -0.1) is 24.8 Å². The number of rotatable bonds is 3. The molecular weight excluding hydrogens is 312 g/mol. The highest BCUT2D eigenvalue weighted by Crippen LogP contribution is 2.30. The molecule has 0 aromatic heterocycles. The summed E-state index contributed by atoms with van der Waals surface area (Å²) in [5.74, 6) is -2.71. The molecule has 20 heavy (non-hydrogen) atoms. The van der Waals surface area contributed by atoms with Crippen molar-refractivity contribution in [1.82, 2.24) is 10.2 Å². The standard InChI is InChI=1S/C13H17F3N2.2ClH/c1-2-11(18-7-5-17-6-8-18)12-9(14)3-4-10(15)13(12)16;;/h3-4,11,17H,2,5-8H2,1H3;2*1H/t11-;;/m1../s1. The molecule has 2 nitrogen and oxygen atoms in total. The predicted octanol–water partition coefficient (Wildman–Crippen LogP) is 3.30. The van der Waals surface area contributed by atoms with Crippen LogP contribution in [0.25, 0.3) is 0 Å². The van der Waals surface area contributed by atoms with Crippen molar-refractivity contribution >= 4 is 24.8 Å². The first kappa shape index (κ1) is 19.5. The number of hydrogen-bond acceptors (Lipinski definition) is 2. The fourth-order valence-corrected chi connectivity index (χ4v) is 2.49. The van der Waals surface area contributed by atoms with E-state index in [1.165, 1.54) is 0 Å². The van der Waals surface area contributed by atoms with Crippen LogP contribution in [0, 0.1) is 17.5 Å². The molecule has 0 radical (unpaired) electrons. The van der Waals surface area contributed by atoms with Gasteiger partial charge >= 0.3 is 0 Å². The summed E-state index contributed by atoms with van der Waals surface area (Å²) in [6.07, 6.45) is 0.553. The second kappa shape index (κ2) is 8.72. The summed E-state index contributed by atoms with van der Waals surface area (Å²) >= 11 is 0. The number of nitrogens with zero attached hydrogens (tertiary/aromatic N) is 1. The van der Waals surface area contributed by atoms with Crippen molar-refractivity contribution in [2.45, 2.75) is 19.4 Å². The molecule has 1 N–H and O–H groups in total. The average molecular weight is 331 g/mol. The van der Waals surface area contributed by atoms with Crippen LogP contribution in [-0.4, -0.2) is 31.1 Å². The number of benzene rings is 1. The van der Waals surface area contributed by atoms with Gasteiger partial charge in [-0.25, -0.2) is 13.2 Å². The molecule has 1 aromatic rings. The highest BCUT2D eigenvalue weighted by atomic mass is 35.5. The highest BCUT2D eigenvalue weighted by molar-refractivity contribution is 5.85. The molecule has 0 unspecified atom stereocenters. The van der Waals surface area contributed by atoms with Crippen molar-refractivity contribution in [3.63, 3.8) is 0 Å². The average Bonchev–Trinajstić information content (AvgIpc) is 2.40. The van der Waals surface area contributed by atoms with E-state index in [1.807, 2.05) is 11.8 Å². The van der Waals surface area contributed by atoms with Gasteiger partial charge in [0.25, 0.3) is 0 Å². The normalized spacial score (nSPS) is 17.0. The van der Waals surface area contributed by atoms with E-state index in [4.69, 9.17) is 0 Å². The lowest BCUT2D eigenvalue weighted by Crippen LogP contribution is -2.45. The van der Waals surface area contributed by atoms with E-state index >= 15 is 0 Å². The van der Waals surface area contributed by atoms with Gasteiger partial charge in [-0.1, -0.05) is 6.92 Å². The number of halogens is 5. The molecule has 1 saturated heterocycles. The zero-order chi connectivity index (χ0) is 13.1. The van der Waals surface area contributed by atoms with Crippen LogP contribution in [0.1, 0.15) is 24.9 Å². The number of hydrogen-bond donors (Lipinski definition) is 1. The van der Waals surface area contributed by atoms with Gasteiger partial charge in [0.1, 0.15) is 5.82 Å². The van der Waals surface area contributed by atoms with E-state index < -0.39 is 23.5 Å². The van der Waals surface area contributed by atoms with Gasteiger partial charge in [-0.2, -0.15) is 0 Å². The van der Waals surface area contributed by atoms with Crippen molar-refractivity contribution in [3.8, 4) is 0 Å². The van der Waals surface area contributed by atoms with Crippen LogP contribution in [0.15, 0.2) is 12.1 Å². The van der Waals surface area contributed by atoms with E-state index in [0.717, 1.165) is 25.2 Å². The predicted molar refractivity (Wildman–Crippen MR) is 78.3 cm³/mol. The molecule has 7 heteroatoms. The third-order valence-corrected chi connectivity index (χ3v) is 3.39. The second-order valence-corrected chi connectivity index (χ2v) is 4.47. The lowest BCUT2D eigenvalue weighted by molar-refractivity contribution is 0.162. The zero-order valence-electron chi connectivity index (χ0n) is 11.2. The summed E-state index contributed by atoms with van der Waals surface area (Å²) in [7, 11) is 0. The van der Waals surface area contributed by atoms with E-state index in [1.54, 1.807) is 0 Å². The SMILES string of the molecule is CC[C@H](c1c(F)ccc(F)c1F)N1CCNCC1.Cl.Cl. The largest absolute Gasteiger partial charge is 0.314 e. The molecule has 0 amide bonds. The Labute approximate surface area is 129 Å². The summed E-state index contributed by atoms with van der Waals surface area (Å²) in [6, 6.07) is 1.43. The monoisotopic (exact) mass is 330 g/mol. The van der Waals surface area contributed by atoms with Crippen LogP contribution >= 0.6 is 24.8 Å². The molecule has 1 fully saturated rings.